The largest absolute Gasteiger partial charge is 0.461 e. The zero-order chi connectivity index (χ0) is 22.8. The molecule has 0 spiro atoms. The topological polar surface area (TPSA) is 147 Å². The minimum Gasteiger partial charge on any atom is -0.461 e. The highest BCUT2D eigenvalue weighted by atomic mass is 19.1. The minimum absolute atomic E-state index is 0.0474. The Balaban J connectivity index is 1.63. The van der Waals surface area contributed by atoms with Crippen molar-refractivity contribution in [3.63, 3.8) is 0 Å². The van der Waals surface area contributed by atoms with Gasteiger partial charge in [0.05, 0.1) is 16.9 Å². The maximum absolute atomic E-state index is 12.5. The average molecular weight is 441 g/mol. The summed E-state index contributed by atoms with van der Waals surface area (Å²) in [7, 11) is 0. The number of urea groups is 1. The molecule has 1 aromatic carbocycles. The van der Waals surface area contributed by atoms with Gasteiger partial charge in [-0.25, -0.2) is 9.18 Å². The van der Waals surface area contributed by atoms with Crippen LogP contribution in [-0.2, 0) is 6.54 Å². The normalized spacial score (nSPS) is 10.6. The van der Waals surface area contributed by atoms with Crippen LogP contribution in [0.25, 0.3) is 11.1 Å². The number of halogens is 1. The highest BCUT2D eigenvalue weighted by molar-refractivity contribution is 5.99. The predicted octanol–water partition coefficient (Wildman–Crippen LogP) is 2.22. The van der Waals surface area contributed by atoms with E-state index in [2.05, 4.69) is 30.9 Å². The van der Waals surface area contributed by atoms with Gasteiger partial charge in [0.1, 0.15) is 5.75 Å². The Bertz CT molecular complexity index is 1090. The first-order valence-corrected chi connectivity index (χ1v) is 9.92. The number of aromatic nitrogens is 3. The number of amides is 2. The van der Waals surface area contributed by atoms with E-state index in [0.29, 0.717) is 24.2 Å². The number of H-pyrrole nitrogens is 1. The number of alkyl halides is 1. The number of benzene rings is 1. The van der Waals surface area contributed by atoms with E-state index < -0.39 is 18.5 Å². The van der Waals surface area contributed by atoms with Gasteiger partial charge in [0.25, 0.3) is 5.56 Å². The highest BCUT2D eigenvalue weighted by Crippen LogP contribution is 2.23. The molecule has 3 rings (SSSR count). The van der Waals surface area contributed by atoms with Crippen LogP contribution in [0.15, 0.2) is 53.6 Å². The Labute approximate surface area is 183 Å². The van der Waals surface area contributed by atoms with Crippen molar-refractivity contribution < 1.29 is 13.9 Å². The van der Waals surface area contributed by atoms with Crippen LogP contribution in [0, 0.1) is 0 Å². The van der Waals surface area contributed by atoms with E-state index in [0.717, 1.165) is 18.7 Å². The molecule has 32 heavy (non-hydrogen) atoms. The molecule has 3 aromatic rings. The molecular weight excluding hydrogens is 417 g/mol. The Hall–Kier alpha value is -3.83. The Morgan fingerprint density at radius 3 is 2.75 bits per heavy atom. The fraction of sp³-hybridized carbons (Fsp3) is 0.238. The zero-order valence-electron chi connectivity index (χ0n) is 17.2. The van der Waals surface area contributed by atoms with Crippen LogP contribution in [0.2, 0.25) is 0 Å². The number of nitrogens with two attached hydrogens (primary N) is 1. The molecule has 0 atom stereocenters. The smallest absolute Gasteiger partial charge is 0.326 e. The van der Waals surface area contributed by atoms with Crippen LogP contribution in [0.3, 0.4) is 0 Å². The molecule has 6 N–H and O–H groups in total. The van der Waals surface area contributed by atoms with Gasteiger partial charge < -0.3 is 26.1 Å². The van der Waals surface area contributed by atoms with Crippen molar-refractivity contribution in [3.8, 4) is 16.9 Å². The Morgan fingerprint density at radius 2 is 2.03 bits per heavy atom. The third-order valence-corrected chi connectivity index (χ3v) is 4.37. The summed E-state index contributed by atoms with van der Waals surface area (Å²) in [5.41, 5.74) is 6.94. The van der Waals surface area contributed by atoms with Gasteiger partial charge in [-0.2, -0.15) is 4.98 Å². The summed E-state index contributed by atoms with van der Waals surface area (Å²) in [5.74, 6) is 0.126. The second kappa shape index (κ2) is 11.5. The lowest BCUT2D eigenvalue weighted by Crippen LogP contribution is -2.23. The van der Waals surface area contributed by atoms with E-state index in [1.807, 2.05) is 6.07 Å². The minimum atomic E-state index is -1.03. The maximum atomic E-state index is 12.5. The first-order valence-electron chi connectivity index (χ1n) is 9.92. The monoisotopic (exact) mass is 441 g/mol. The van der Waals surface area contributed by atoms with Crippen LogP contribution >= 0.6 is 0 Å². The SMILES string of the molecule is NCCCNCc1ccc(-c2c[nH]c(NC(=O)Nc3ccccc3OCF)nc2=O)cn1. The number of hydrogen-bond donors (Lipinski definition) is 5. The summed E-state index contributed by atoms with van der Waals surface area (Å²) in [6.07, 6.45) is 3.92. The Kier molecular flexibility index (Phi) is 8.23. The summed E-state index contributed by atoms with van der Waals surface area (Å²) in [6, 6.07) is 9.29. The van der Waals surface area contributed by atoms with E-state index >= 15 is 0 Å². The molecular formula is C21H24FN7O3. The first-order chi connectivity index (χ1) is 15.6. The van der Waals surface area contributed by atoms with E-state index in [1.54, 1.807) is 30.5 Å². The number of nitrogens with zero attached hydrogens (tertiary/aromatic N) is 2. The fourth-order valence-electron chi connectivity index (χ4n) is 2.81. The van der Waals surface area contributed by atoms with E-state index in [1.165, 1.54) is 12.3 Å². The Morgan fingerprint density at radius 1 is 1.19 bits per heavy atom. The van der Waals surface area contributed by atoms with Gasteiger partial charge in [0, 0.05) is 24.5 Å². The summed E-state index contributed by atoms with van der Waals surface area (Å²) in [5, 5.41) is 8.17. The number of para-hydroxylation sites is 2. The first kappa shape index (κ1) is 22.8. The highest BCUT2D eigenvalue weighted by Gasteiger charge is 2.11. The van der Waals surface area contributed by atoms with Crippen LogP contribution in [0.1, 0.15) is 12.1 Å². The van der Waals surface area contributed by atoms with Crippen molar-refractivity contribution in [1.82, 2.24) is 20.3 Å². The molecule has 11 heteroatoms. The van der Waals surface area contributed by atoms with Gasteiger partial charge in [-0.15, -0.1) is 0 Å². The number of carbonyl (C=O) groups is 1. The van der Waals surface area contributed by atoms with E-state index in [9.17, 15) is 14.0 Å². The molecule has 2 amide bonds. The number of ether oxygens (including phenoxy) is 1. The number of rotatable bonds is 10. The van der Waals surface area contributed by atoms with Crippen LogP contribution in [0.4, 0.5) is 20.8 Å². The quantitative estimate of drug-likeness (QED) is 0.303. The molecule has 0 unspecified atom stereocenters. The lowest BCUT2D eigenvalue weighted by atomic mass is 10.1. The number of aromatic amines is 1. The molecule has 2 aromatic heterocycles. The summed E-state index contributed by atoms with van der Waals surface area (Å²) in [6.45, 7) is 1.01. The van der Waals surface area contributed by atoms with Crippen molar-refractivity contribution in [3.05, 3.63) is 64.8 Å². The predicted molar refractivity (Wildman–Crippen MR) is 119 cm³/mol. The fourth-order valence-corrected chi connectivity index (χ4v) is 2.81. The van der Waals surface area contributed by atoms with Crippen LogP contribution < -0.4 is 32.0 Å². The number of pyridine rings is 1. The third-order valence-electron chi connectivity index (χ3n) is 4.37. The second-order valence-corrected chi connectivity index (χ2v) is 6.65. The number of nitrogens with one attached hydrogen (secondary N) is 4. The van der Waals surface area contributed by atoms with Crippen molar-refractivity contribution in [2.75, 3.05) is 30.6 Å². The van der Waals surface area contributed by atoms with Crippen molar-refractivity contribution >= 4 is 17.7 Å². The van der Waals surface area contributed by atoms with E-state index in [-0.39, 0.29) is 17.4 Å². The van der Waals surface area contributed by atoms with Gasteiger partial charge in [0.2, 0.25) is 12.8 Å². The summed E-state index contributed by atoms with van der Waals surface area (Å²) >= 11 is 0. The van der Waals surface area contributed by atoms with Crippen LogP contribution in [0.5, 0.6) is 5.75 Å². The lowest BCUT2D eigenvalue weighted by molar-refractivity contribution is 0.192. The second-order valence-electron chi connectivity index (χ2n) is 6.65. The third kappa shape index (κ3) is 6.33. The van der Waals surface area contributed by atoms with Gasteiger partial charge >= 0.3 is 6.03 Å². The molecule has 2 heterocycles. The van der Waals surface area contributed by atoms with Gasteiger partial charge in [0.15, 0.2) is 0 Å². The average Bonchev–Trinajstić information content (AvgIpc) is 2.79. The molecule has 168 valence electrons. The van der Waals surface area contributed by atoms with E-state index in [4.69, 9.17) is 10.5 Å². The molecule has 0 fully saturated rings. The molecule has 0 aliphatic rings. The van der Waals surface area contributed by atoms with Gasteiger partial charge in [-0.05, 0) is 37.7 Å². The van der Waals surface area contributed by atoms with Crippen molar-refractivity contribution in [1.29, 1.82) is 0 Å². The lowest BCUT2D eigenvalue weighted by Gasteiger charge is -2.11. The number of carbonyl (C=O) groups excluding carboxylic acids is 1. The number of anilines is 2. The molecule has 10 nitrogen and oxygen atoms in total. The molecule has 0 aliphatic carbocycles. The molecule has 0 saturated heterocycles. The molecule has 0 radical (unpaired) electrons. The number of hydrogen-bond acceptors (Lipinski definition) is 7. The molecule has 0 saturated carbocycles. The maximum Gasteiger partial charge on any atom is 0.326 e. The summed E-state index contributed by atoms with van der Waals surface area (Å²) in [4.78, 5) is 35.6. The van der Waals surface area contributed by atoms with Crippen molar-refractivity contribution in [2.24, 2.45) is 5.73 Å². The molecule has 0 bridgehead atoms. The van der Waals surface area contributed by atoms with Gasteiger partial charge in [-0.3, -0.25) is 15.1 Å². The van der Waals surface area contributed by atoms with Crippen molar-refractivity contribution in [2.45, 2.75) is 13.0 Å². The standard InChI is InChI=1S/C21H24FN7O3/c22-13-32-18-5-2-1-4-17(18)27-21(31)29-20-26-12-16(19(30)28-20)14-6-7-15(25-10-14)11-24-9-3-8-23/h1-2,4-7,10,12,24H,3,8-9,11,13,23H2,(H3,26,27,28,29,30,31). The van der Waals surface area contributed by atoms with Gasteiger partial charge in [-0.1, -0.05) is 18.2 Å². The molecule has 0 aliphatic heterocycles. The van der Waals surface area contributed by atoms with Crippen LogP contribution in [-0.4, -0.2) is 40.9 Å². The zero-order valence-corrected chi connectivity index (χ0v) is 17.2. The summed E-state index contributed by atoms with van der Waals surface area (Å²) < 4.78 is 17.3.